The summed E-state index contributed by atoms with van der Waals surface area (Å²) in [5, 5.41) is 2.59. The van der Waals surface area contributed by atoms with Gasteiger partial charge in [0.1, 0.15) is 11.7 Å². The number of alkyl halides is 3. The smallest absolute Gasteiger partial charge is 0.378 e. The van der Waals surface area contributed by atoms with E-state index in [1.165, 1.54) is 19.2 Å². The van der Waals surface area contributed by atoms with Gasteiger partial charge < -0.3 is 15.1 Å². The van der Waals surface area contributed by atoms with Gasteiger partial charge in [-0.25, -0.2) is 0 Å². The standard InChI is InChI=1S/C16H21F3N4O2/c1-10(24)21-11-4-5-14(16(17,18)19)23(9-11)15(25)13-8-12(22(2)3)6-7-20-13/h6-8,11,14H,4-5,9H2,1-3H3,(H,21,24)/t11-,14+/m0/s1. The van der Waals surface area contributed by atoms with Crippen LogP contribution >= 0.6 is 0 Å². The van der Waals surface area contributed by atoms with E-state index in [1.807, 2.05) is 0 Å². The van der Waals surface area contributed by atoms with E-state index < -0.39 is 24.2 Å². The quantitative estimate of drug-likeness (QED) is 0.895. The highest BCUT2D eigenvalue weighted by molar-refractivity contribution is 5.93. The lowest BCUT2D eigenvalue weighted by Gasteiger charge is -2.40. The number of aromatic nitrogens is 1. The maximum absolute atomic E-state index is 13.4. The first-order valence-electron chi connectivity index (χ1n) is 7.87. The summed E-state index contributed by atoms with van der Waals surface area (Å²) in [6.45, 7) is 1.10. The van der Waals surface area contributed by atoms with Gasteiger partial charge in [-0.2, -0.15) is 13.2 Å². The van der Waals surface area contributed by atoms with Gasteiger partial charge in [0.25, 0.3) is 5.91 Å². The number of nitrogens with one attached hydrogen (secondary N) is 1. The zero-order valence-corrected chi connectivity index (χ0v) is 14.3. The van der Waals surface area contributed by atoms with Crippen molar-refractivity contribution in [1.29, 1.82) is 0 Å². The Morgan fingerprint density at radius 1 is 1.32 bits per heavy atom. The Morgan fingerprint density at radius 2 is 2.00 bits per heavy atom. The van der Waals surface area contributed by atoms with Crippen LogP contribution < -0.4 is 10.2 Å². The van der Waals surface area contributed by atoms with Crippen molar-refractivity contribution in [3.8, 4) is 0 Å². The number of carbonyl (C=O) groups excluding carboxylic acids is 2. The summed E-state index contributed by atoms with van der Waals surface area (Å²) in [6, 6.07) is 0.735. The lowest BCUT2D eigenvalue weighted by Crippen LogP contribution is -2.58. The normalized spacial score (nSPS) is 21.0. The third-order valence-corrected chi connectivity index (χ3v) is 4.11. The first-order valence-corrected chi connectivity index (χ1v) is 7.87. The van der Waals surface area contributed by atoms with Crippen molar-refractivity contribution >= 4 is 17.5 Å². The summed E-state index contributed by atoms with van der Waals surface area (Å²) in [5.74, 6) is -1.13. The van der Waals surface area contributed by atoms with E-state index in [9.17, 15) is 22.8 Å². The minimum Gasteiger partial charge on any atom is -0.378 e. The lowest BCUT2D eigenvalue weighted by atomic mass is 9.97. The molecule has 1 fully saturated rings. The summed E-state index contributed by atoms with van der Waals surface area (Å²) in [5.41, 5.74) is 0.612. The van der Waals surface area contributed by atoms with Crippen LogP contribution in [0, 0.1) is 0 Å². The molecular weight excluding hydrogens is 337 g/mol. The molecular formula is C16H21F3N4O2. The second-order valence-electron chi connectivity index (χ2n) is 6.28. The molecule has 2 atom stereocenters. The molecule has 2 rings (SSSR count). The molecule has 1 N–H and O–H groups in total. The summed E-state index contributed by atoms with van der Waals surface area (Å²) < 4.78 is 40.1. The first-order chi connectivity index (χ1) is 11.6. The number of likely N-dealkylation sites (tertiary alicyclic amines) is 1. The lowest BCUT2D eigenvalue weighted by molar-refractivity contribution is -0.184. The van der Waals surface area contributed by atoms with Gasteiger partial charge in [-0.1, -0.05) is 0 Å². The molecule has 1 aromatic rings. The van der Waals surface area contributed by atoms with Crippen LogP contribution in [0.15, 0.2) is 18.3 Å². The molecule has 25 heavy (non-hydrogen) atoms. The number of rotatable bonds is 3. The molecule has 2 heterocycles. The van der Waals surface area contributed by atoms with E-state index in [0.29, 0.717) is 5.69 Å². The van der Waals surface area contributed by atoms with Crippen molar-refractivity contribution in [2.75, 3.05) is 25.5 Å². The Labute approximate surface area is 144 Å². The summed E-state index contributed by atoms with van der Waals surface area (Å²) in [6.07, 6.45) is -3.23. The van der Waals surface area contributed by atoms with Crippen LogP contribution in [0.5, 0.6) is 0 Å². The maximum atomic E-state index is 13.4. The Kier molecular flexibility index (Phi) is 5.54. The Morgan fingerprint density at radius 3 is 2.56 bits per heavy atom. The van der Waals surface area contributed by atoms with E-state index in [1.54, 1.807) is 25.1 Å². The second kappa shape index (κ2) is 7.28. The van der Waals surface area contributed by atoms with Crippen LogP contribution in [-0.4, -0.2) is 60.6 Å². The fourth-order valence-corrected chi connectivity index (χ4v) is 2.90. The van der Waals surface area contributed by atoms with Gasteiger partial charge in [-0.15, -0.1) is 0 Å². The number of piperidine rings is 1. The maximum Gasteiger partial charge on any atom is 0.408 e. The molecule has 0 aromatic carbocycles. The minimum atomic E-state index is -4.53. The average Bonchev–Trinajstić information content (AvgIpc) is 2.52. The molecule has 1 aliphatic heterocycles. The predicted molar refractivity (Wildman–Crippen MR) is 86.3 cm³/mol. The summed E-state index contributed by atoms with van der Waals surface area (Å²) >= 11 is 0. The molecule has 2 amide bonds. The largest absolute Gasteiger partial charge is 0.408 e. The third kappa shape index (κ3) is 4.61. The van der Waals surface area contributed by atoms with Crippen LogP contribution in [0.2, 0.25) is 0 Å². The molecule has 138 valence electrons. The second-order valence-corrected chi connectivity index (χ2v) is 6.28. The monoisotopic (exact) mass is 358 g/mol. The van der Waals surface area contributed by atoms with E-state index in [-0.39, 0.29) is 31.0 Å². The van der Waals surface area contributed by atoms with Gasteiger partial charge in [0.05, 0.1) is 0 Å². The van der Waals surface area contributed by atoms with Gasteiger partial charge in [0.2, 0.25) is 5.91 Å². The molecule has 0 unspecified atom stereocenters. The summed E-state index contributed by atoms with van der Waals surface area (Å²) in [7, 11) is 3.52. The third-order valence-electron chi connectivity index (χ3n) is 4.11. The minimum absolute atomic E-state index is 0.0519. The van der Waals surface area contributed by atoms with Crippen molar-refractivity contribution in [3.63, 3.8) is 0 Å². The number of carbonyl (C=O) groups is 2. The topological polar surface area (TPSA) is 65.5 Å². The van der Waals surface area contributed by atoms with Crippen molar-refractivity contribution in [1.82, 2.24) is 15.2 Å². The number of halogens is 3. The van der Waals surface area contributed by atoms with Crippen LogP contribution in [0.3, 0.4) is 0 Å². The molecule has 0 saturated carbocycles. The van der Waals surface area contributed by atoms with Gasteiger partial charge in [0, 0.05) is 45.5 Å². The molecule has 0 radical (unpaired) electrons. The van der Waals surface area contributed by atoms with Gasteiger partial charge in [-0.3, -0.25) is 14.6 Å². The van der Waals surface area contributed by atoms with Crippen molar-refractivity contribution in [2.45, 2.75) is 38.0 Å². The van der Waals surface area contributed by atoms with Gasteiger partial charge in [-0.05, 0) is 25.0 Å². The van der Waals surface area contributed by atoms with Crippen molar-refractivity contribution in [2.24, 2.45) is 0 Å². The highest BCUT2D eigenvalue weighted by Gasteiger charge is 2.48. The number of hydrogen-bond acceptors (Lipinski definition) is 4. The molecule has 1 saturated heterocycles. The van der Waals surface area contributed by atoms with E-state index in [4.69, 9.17) is 0 Å². The number of hydrogen-bond donors (Lipinski definition) is 1. The Bertz CT molecular complexity index is 649. The molecule has 0 aliphatic carbocycles. The first kappa shape index (κ1) is 19.0. The van der Waals surface area contributed by atoms with Crippen LogP contribution in [0.4, 0.5) is 18.9 Å². The molecule has 1 aliphatic rings. The fraction of sp³-hybridized carbons (Fsp3) is 0.562. The Balaban J connectivity index is 2.30. The number of nitrogens with zero attached hydrogens (tertiary/aromatic N) is 3. The van der Waals surface area contributed by atoms with Gasteiger partial charge in [0.15, 0.2) is 0 Å². The van der Waals surface area contributed by atoms with Gasteiger partial charge >= 0.3 is 6.18 Å². The number of anilines is 1. The highest BCUT2D eigenvalue weighted by Crippen LogP contribution is 2.33. The average molecular weight is 358 g/mol. The molecule has 0 bridgehead atoms. The highest BCUT2D eigenvalue weighted by atomic mass is 19.4. The van der Waals surface area contributed by atoms with E-state index in [2.05, 4.69) is 10.3 Å². The number of pyridine rings is 1. The predicted octanol–water partition coefficient (Wildman–Crippen LogP) is 1.82. The SMILES string of the molecule is CC(=O)N[C@H]1CC[C@H](C(F)(F)F)N(C(=O)c2cc(N(C)C)ccn2)C1. The number of amides is 2. The fourth-order valence-electron chi connectivity index (χ4n) is 2.90. The molecule has 0 spiro atoms. The van der Waals surface area contributed by atoms with E-state index in [0.717, 1.165) is 4.90 Å². The van der Waals surface area contributed by atoms with Crippen LogP contribution in [0.25, 0.3) is 0 Å². The van der Waals surface area contributed by atoms with Crippen molar-refractivity contribution in [3.05, 3.63) is 24.0 Å². The molecule has 6 nitrogen and oxygen atoms in total. The van der Waals surface area contributed by atoms with E-state index >= 15 is 0 Å². The summed E-state index contributed by atoms with van der Waals surface area (Å²) in [4.78, 5) is 30.3. The molecule has 9 heteroatoms. The van der Waals surface area contributed by atoms with Crippen molar-refractivity contribution < 1.29 is 22.8 Å². The van der Waals surface area contributed by atoms with Crippen LogP contribution in [0.1, 0.15) is 30.3 Å². The zero-order valence-electron chi connectivity index (χ0n) is 14.3. The molecule has 1 aromatic heterocycles. The zero-order chi connectivity index (χ0) is 18.8. The van der Waals surface area contributed by atoms with Crippen LogP contribution in [-0.2, 0) is 4.79 Å². The Hall–Kier alpha value is -2.32.